The zero-order valence-corrected chi connectivity index (χ0v) is 42.1. The third-order valence-corrected chi connectivity index (χ3v) is 13.4. The van der Waals surface area contributed by atoms with Gasteiger partial charge in [0.25, 0.3) is 0 Å². The molecule has 0 heterocycles. The summed E-state index contributed by atoms with van der Waals surface area (Å²) in [6, 6.07) is -0.543. The van der Waals surface area contributed by atoms with Crippen molar-refractivity contribution in [1.29, 1.82) is 0 Å². The zero-order valence-electron chi connectivity index (χ0n) is 42.1. The van der Waals surface area contributed by atoms with Gasteiger partial charge in [0, 0.05) is 12.8 Å². The molecule has 0 saturated heterocycles. The van der Waals surface area contributed by atoms with E-state index in [-0.39, 0.29) is 18.5 Å². The summed E-state index contributed by atoms with van der Waals surface area (Å²) in [6.45, 7) is 4.96. The molecule has 0 aromatic carbocycles. The van der Waals surface area contributed by atoms with Crippen LogP contribution in [0.4, 0.5) is 0 Å². The predicted octanol–water partition coefficient (Wildman–Crippen LogP) is 17.1. The fraction of sp³-hybridized carbons (Fsp3) is 0.964. The van der Waals surface area contributed by atoms with Crippen molar-refractivity contribution in [2.75, 3.05) is 13.2 Å². The van der Waals surface area contributed by atoms with E-state index in [0.717, 1.165) is 38.5 Å². The lowest BCUT2D eigenvalue weighted by Crippen LogP contribution is -2.45. The number of hydrogen-bond acceptors (Lipinski definition) is 5. The van der Waals surface area contributed by atoms with Gasteiger partial charge in [-0.05, 0) is 25.7 Å². The number of aliphatic hydroxyl groups is 2. The SMILES string of the molecule is CCCCCCCCCCCCCCCCC(=O)OCCCCCCCCCCCCCCCCCCCC(=O)NC(CO)C(O)CCCCCCCCCCCCCCCC. The highest BCUT2D eigenvalue weighted by molar-refractivity contribution is 5.76. The lowest BCUT2D eigenvalue weighted by atomic mass is 10.0. The molecule has 0 aromatic heterocycles. The third kappa shape index (κ3) is 48.3. The number of ether oxygens (including phenoxy) is 1. The van der Waals surface area contributed by atoms with Crippen LogP contribution in [-0.4, -0.2) is 47.4 Å². The van der Waals surface area contributed by atoms with Crippen molar-refractivity contribution in [3.05, 3.63) is 0 Å². The topological polar surface area (TPSA) is 95.9 Å². The molecule has 0 aliphatic heterocycles. The van der Waals surface area contributed by atoms with Crippen molar-refractivity contribution in [3.63, 3.8) is 0 Å². The van der Waals surface area contributed by atoms with Gasteiger partial charge in [0.15, 0.2) is 0 Å². The Morgan fingerprint density at radius 2 is 0.661 bits per heavy atom. The molecule has 3 N–H and O–H groups in total. The zero-order chi connectivity index (χ0) is 45.1. The molecule has 2 unspecified atom stereocenters. The molecule has 6 nitrogen and oxygen atoms in total. The number of carbonyl (C=O) groups is 2. The van der Waals surface area contributed by atoms with Crippen molar-refractivity contribution in [2.45, 2.75) is 334 Å². The van der Waals surface area contributed by atoms with Crippen LogP contribution >= 0.6 is 0 Å². The first-order valence-corrected chi connectivity index (χ1v) is 28.3. The smallest absolute Gasteiger partial charge is 0.305 e. The van der Waals surface area contributed by atoms with Crippen molar-refractivity contribution in [1.82, 2.24) is 5.32 Å². The van der Waals surface area contributed by atoms with Gasteiger partial charge in [-0.15, -0.1) is 0 Å². The molecular formula is C56H111NO5. The summed E-state index contributed by atoms with van der Waals surface area (Å²) >= 11 is 0. The minimum Gasteiger partial charge on any atom is -0.466 e. The number of nitrogens with one attached hydrogen (secondary N) is 1. The number of carbonyl (C=O) groups excluding carboxylic acids is 2. The largest absolute Gasteiger partial charge is 0.466 e. The second-order valence-corrected chi connectivity index (χ2v) is 19.6. The lowest BCUT2D eigenvalue weighted by Gasteiger charge is -2.22. The average molecular weight is 879 g/mol. The van der Waals surface area contributed by atoms with Crippen LogP contribution < -0.4 is 5.32 Å². The Balaban J connectivity index is 3.39. The standard InChI is InChI=1S/C56H111NO5/c1-3-5-7-9-11-13-15-17-24-28-32-36-40-44-48-54(59)53(52-58)57-55(60)49-45-41-37-33-29-25-22-20-19-21-23-27-31-35-39-43-47-51-62-56(61)50-46-42-38-34-30-26-18-16-14-12-10-8-6-4-2/h53-54,58-59H,3-52H2,1-2H3,(H,57,60). The molecule has 62 heavy (non-hydrogen) atoms. The van der Waals surface area contributed by atoms with Gasteiger partial charge in [0.1, 0.15) is 0 Å². The Bertz CT molecular complexity index is 882. The van der Waals surface area contributed by atoms with Crippen molar-refractivity contribution in [3.8, 4) is 0 Å². The number of aliphatic hydroxyl groups excluding tert-OH is 2. The maximum Gasteiger partial charge on any atom is 0.305 e. The second kappa shape index (κ2) is 52.5. The van der Waals surface area contributed by atoms with E-state index in [1.807, 2.05) is 0 Å². The minimum atomic E-state index is -0.666. The monoisotopic (exact) mass is 878 g/mol. The summed E-state index contributed by atoms with van der Waals surface area (Å²) in [4.78, 5) is 24.5. The van der Waals surface area contributed by atoms with E-state index in [4.69, 9.17) is 4.74 Å². The van der Waals surface area contributed by atoms with E-state index in [0.29, 0.717) is 25.9 Å². The van der Waals surface area contributed by atoms with Crippen LogP contribution in [0.2, 0.25) is 0 Å². The molecule has 2 atom stereocenters. The van der Waals surface area contributed by atoms with Crippen LogP contribution in [0.15, 0.2) is 0 Å². The third-order valence-electron chi connectivity index (χ3n) is 13.4. The van der Waals surface area contributed by atoms with E-state index in [9.17, 15) is 19.8 Å². The van der Waals surface area contributed by atoms with Crippen molar-refractivity contribution < 1.29 is 24.5 Å². The quantitative estimate of drug-likeness (QED) is 0.0418. The van der Waals surface area contributed by atoms with Crippen LogP contribution in [0.3, 0.4) is 0 Å². The normalized spacial score (nSPS) is 12.5. The first kappa shape index (κ1) is 60.9. The average Bonchev–Trinajstić information content (AvgIpc) is 3.27. The highest BCUT2D eigenvalue weighted by Crippen LogP contribution is 2.18. The van der Waals surface area contributed by atoms with Gasteiger partial charge in [0.2, 0.25) is 5.91 Å². The summed E-state index contributed by atoms with van der Waals surface area (Å²) in [5.74, 6) is -0.0296. The lowest BCUT2D eigenvalue weighted by molar-refractivity contribution is -0.143. The van der Waals surface area contributed by atoms with E-state index < -0.39 is 12.1 Å². The van der Waals surface area contributed by atoms with E-state index in [1.165, 1.54) is 250 Å². The van der Waals surface area contributed by atoms with E-state index in [1.54, 1.807) is 0 Å². The molecule has 0 saturated carbocycles. The first-order valence-electron chi connectivity index (χ1n) is 28.3. The highest BCUT2D eigenvalue weighted by Gasteiger charge is 2.20. The molecule has 0 aromatic rings. The minimum absolute atomic E-state index is 0.00843. The molecule has 0 bridgehead atoms. The Kier molecular flexibility index (Phi) is 51.5. The summed E-state index contributed by atoms with van der Waals surface area (Å²) in [5, 5.41) is 23.2. The van der Waals surface area contributed by atoms with Crippen LogP contribution in [-0.2, 0) is 14.3 Å². The molecule has 0 aliphatic carbocycles. The van der Waals surface area contributed by atoms with E-state index in [2.05, 4.69) is 19.2 Å². The Labute approximate surface area is 387 Å². The molecule has 0 rings (SSSR count). The van der Waals surface area contributed by atoms with Gasteiger partial charge in [-0.3, -0.25) is 9.59 Å². The first-order chi connectivity index (χ1) is 30.5. The molecule has 0 radical (unpaired) electrons. The fourth-order valence-electron chi connectivity index (χ4n) is 9.05. The number of hydrogen-bond donors (Lipinski definition) is 3. The van der Waals surface area contributed by atoms with Gasteiger partial charge >= 0.3 is 5.97 Å². The second-order valence-electron chi connectivity index (χ2n) is 19.6. The Morgan fingerprint density at radius 1 is 0.387 bits per heavy atom. The predicted molar refractivity (Wildman–Crippen MR) is 269 cm³/mol. The van der Waals surface area contributed by atoms with Crippen molar-refractivity contribution >= 4 is 11.9 Å². The van der Waals surface area contributed by atoms with Gasteiger partial charge in [-0.2, -0.15) is 0 Å². The Hall–Kier alpha value is -1.14. The molecule has 0 fully saturated rings. The summed E-state index contributed by atoms with van der Waals surface area (Å²) in [5.41, 5.74) is 0. The molecule has 1 amide bonds. The Morgan fingerprint density at radius 3 is 0.984 bits per heavy atom. The van der Waals surface area contributed by atoms with Crippen LogP contribution in [0.25, 0.3) is 0 Å². The van der Waals surface area contributed by atoms with Gasteiger partial charge in [-0.1, -0.05) is 284 Å². The number of rotatable bonds is 53. The fourth-order valence-corrected chi connectivity index (χ4v) is 9.05. The molecule has 0 spiro atoms. The van der Waals surface area contributed by atoms with Crippen molar-refractivity contribution in [2.24, 2.45) is 0 Å². The maximum atomic E-state index is 12.5. The molecule has 370 valence electrons. The maximum absolute atomic E-state index is 12.5. The van der Waals surface area contributed by atoms with E-state index >= 15 is 0 Å². The van der Waals surface area contributed by atoms with Crippen LogP contribution in [0.1, 0.15) is 322 Å². The van der Waals surface area contributed by atoms with Crippen LogP contribution in [0, 0.1) is 0 Å². The molecule has 0 aliphatic rings. The molecule has 6 heteroatoms. The van der Waals surface area contributed by atoms with Gasteiger partial charge in [0.05, 0.1) is 25.4 Å². The number of esters is 1. The summed E-state index contributed by atoms with van der Waals surface area (Å²) in [6.07, 6.45) is 59.4. The highest BCUT2D eigenvalue weighted by atomic mass is 16.5. The van der Waals surface area contributed by atoms with Gasteiger partial charge < -0.3 is 20.3 Å². The number of amides is 1. The van der Waals surface area contributed by atoms with Crippen LogP contribution in [0.5, 0.6) is 0 Å². The summed E-state index contributed by atoms with van der Waals surface area (Å²) in [7, 11) is 0. The van der Waals surface area contributed by atoms with Gasteiger partial charge in [-0.25, -0.2) is 0 Å². The summed E-state index contributed by atoms with van der Waals surface area (Å²) < 4.78 is 5.48. The number of unbranched alkanes of at least 4 members (excludes halogenated alkanes) is 42. The molecular weight excluding hydrogens is 767 g/mol.